The summed E-state index contributed by atoms with van der Waals surface area (Å²) >= 11 is 3.24. The quantitative estimate of drug-likeness (QED) is 0.527. The van der Waals surface area contributed by atoms with Gasteiger partial charge < -0.3 is 14.8 Å². The molecule has 0 saturated heterocycles. The van der Waals surface area contributed by atoms with Gasteiger partial charge in [0.15, 0.2) is 11.5 Å². The topological polar surface area (TPSA) is 73.3 Å². The van der Waals surface area contributed by atoms with Gasteiger partial charge in [0, 0.05) is 22.0 Å². The Morgan fingerprint density at radius 1 is 1.19 bits per heavy atom. The van der Waals surface area contributed by atoms with Gasteiger partial charge >= 0.3 is 0 Å². The predicted molar refractivity (Wildman–Crippen MR) is 106 cm³/mol. The number of ether oxygens (including phenoxy) is 2. The van der Waals surface area contributed by atoms with Crippen molar-refractivity contribution in [2.24, 2.45) is 0 Å². The van der Waals surface area contributed by atoms with Gasteiger partial charge in [-0.15, -0.1) is 11.3 Å². The summed E-state index contributed by atoms with van der Waals surface area (Å²) in [6, 6.07) is 5.40. The van der Waals surface area contributed by atoms with Crippen LogP contribution in [0.15, 0.2) is 29.6 Å². The van der Waals surface area contributed by atoms with Crippen LogP contribution in [0.3, 0.4) is 0 Å². The molecule has 0 fully saturated rings. The SMILES string of the molecule is O=C(CSc1ncnc2sc3c(c12)CCCC3)Nc1ccc2c(c1)OCO2. The molecule has 1 aliphatic heterocycles. The van der Waals surface area contributed by atoms with Gasteiger partial charge in [0.25, 0.3) is 0 Å². The normalized spacial score (nSPS) is 15.0. The number of amides is 1. The van der Waals surface area contributed by atoms with Crippen molar-refractivity contribution in [3.63, 3.8) is 0 Å². The Bertz CT molecular complexity index is 1030. The van der Waals surface area contributed by atoms with Crippen LogP contribution in [0.1, 0.15) is 23.3 Å². The molecule has 0 radical (unpaired) electrons. The molecule has 0 atom stereocenters. The molecular weight excluding hydrogens is 382 g/mol. The summed E-state index contributed by atoms with van der Waals surface area (Å²) in [6.07, 6.45) is 6.27. The average molecular weight is 399 g/mol. The van der Waals surface area contributed by atoms with Crippen molar-refractivity contribution in [2.75, 3.05) is 17.9 Å². The summed E-state index contributed by atoms with van der Waals surface area (Å²) in [6.45, 7) is 0.220. The predicted octanol–water partition coefficient (Wildman–Crippen LogP) is 4.03. The van der Waals surface area contributed by atoms with E-state index in [0.29, 0.717) is 22.9 Å². The number of thiophene rings is 1. The van der Waals surface area contributed by atoms with Crippen LogP contribution < -0.4 is 14.8 Å². The molecule has 138 valence electrons. The lowest BCUT2D eigenvalue weighted by atomic mass is 9.97. The van der Waals surface area contributed by atoms with Gasteiger partial charge in [-0.05, 0) is 43.4 Å². The first kappa shape index (κ1) is 16.8. The monoisotopic (exact) mass is 399 g/mol. The number of fused-ring (bicyclic) bond motifs is 4. The van der Waals surface area contributed by atoms with Crippen LogP contribution in [0.5, 0.6) is 11.5 Å². The highest BCUT2D eigenvalue weighted by Crippen LogP contribution is 2.39. The zero-order valence-corrected chi connectivity index (χ0v) is 16.1. The molecule has 8 heteroatoms. The van der Waals surface area contributed by atoms with Gasteiger partial charge in [-0.1, -0.05) is 11.8 Å². The van der Waals surface area contributed by atoms with Gasteiger partial charge in [0.05, 0.1) is 5.75 Å². The lowest BCUT2D eigenvalue weighted by Crippen LogP contribution is -2.14. The highest BCUT2D eigenvalue weighted by molar-refractivity contribution is 8.00. The number of hydrogen-bond acceptors (Lipinski definition) is 7. The lowest BCUT2D eigenvalue weighted by Gasteiger charge is -2.11. The number of carbonyl (C=O) groups is 1. The molecule has 1 N–H and O–H groups in total. The van der Waals surface area contributed by atoms with Crippen molar-refractivity contribution in [3.8, 4) is 11.5 Å². The number of aryl methyl sites for hydroxylation is 2. The van der Waals surface area contributed by atoms with E-state index < -0.39 is 0 Å². The van der Waals surface area contributed by atoms with Crippen LogP contribution in [0.2, 0.25) is 0 Å². The summed E-state index contributed by atoms with van der Waals surface area (Å²) in [7, 11) is 0. The molecule has 3 heterocycles. The number of thioether (sulfide) groups is 1. The summed E-state index contributed by atoms with van der Waals surface area (Å²) < 4.78 is 10.6. The van der Waals surface area contributed by atoms with Gasteiger partial charge in [-0.3, -0.25) is 4.79 Å². The fourth-order valence-corrected chi connectivity index (χ4v) is 5.60. The second-order valence-corrected chi connectivity index (χ2v) is 8.52. The van der Waals surface area contributed by atoms with Gasteiger partial charge in [0.2, 0.25) is 12.7 Å². The second-order valence-electron chi connectivity index (χ2n) is 6.47. The molecular formula is C19H17N3O3S2. The van der Waals surface area contributed by atoms with Crippen LogP contribution in [-0.2, 0) is 17.6 Å². The Balaban J connectivity index is 1.31. The van der Waals surface area contributed by atoms with E-state index in [4.69, 9.17) is 9.47 Å². The van der Waals surface area contributed by atoms with Crippen molar-refractivity contribution < 1.29 is 14.3 Å². The molecule has 27 heavy (non-hydrogen) atoms. The van der Waals surface area contributed by atoms with Gasteiger partial charge in [-0.25, -0.2) is 9.97 Å². The third-order valence-electron chi connectivity index (χ3n) is 4.71. The van der Waals surface area contributed by atoms with Crippen molar-refractivity contribution in [2.45, 2.75) is 30.7 Å². The standard InChI is InChI=1S/C19H17N3O3S2/c23-16(22-11-5-6-13-14(7-11)25-10-24-13)8-26-18-17-12-3-1-2-4-15(12)27-19(17)21-9-20-18/h5-7,9H,1-4,8,10H2,(H,22,23). The summed E-state index contributed by atoms with van der Waals surface area (Å²) in [5.41, 5.74) is 2.09. The minimum absolute atomic E-state index is 0.0743. The van der Waals surface area contributed by atoms with Crippen LogP contribution in [0.25, 0.3) is 10.2 Å². The molecule has 0 spiro atoms. The number of nitrogens with zero attached hydrogens (tertiary/aromatic N) is 2. The highest BCUT2D eigenvalue weighted by atomic mass is 32.2. The molecule has 0 unspecified atom stereocenters. The molecule has 1 aromatic carbocycles. The van der Waals surface area contributed by atoms with Crippen molar-refractivity contribution in [1.82, 2.24) is 9.97 Å². The summed E-state index contributed by atoms with van der Waals surface area (Å²) in [5, 5.41) is 4.96. The molecule has 1 amide bonds. The summed E-state index contributed by atoms with van der Waals surface area (Å²) in [5.74, 6) is 1.58. The maximum absolute atomic E-state index is 12.4. The van der Waals surface area contributed by atoms with Gasteiger partial charge in [-0.2, -0.15) is 0 Å². The number of anilines is 1. The fraction of sp³-hybridized carbons (Fsp3) is 0.316. The number of carbonyl (C=O) groups excluding carboxylic acids is 1. The Morgan fingerprint density at radius 3 is 3.04 bits per heavy atom. The Kier molecular flexibility index (Phi) is 4.37. The second kappa shape index (κ2) is 7.01. The lowest BCUT2D eigenvalue weighted by molar-refractivity contribution is -0.113. The minimum atomic E-state index is -0.0743. The number of hydrogen-bond donors (Lipinski definition) is 1. The Labute approximate surface area is 164 Å². The number of rotatable bonds is 4. The first-order chi connectivity index (χ1) is 13.3. The van der Waals surface area contributed by atoms with E-state index >= 15 is 0 Å². The number of nitrogens with one attached hydrogen (secondary N) is 1. The molecule has 2 aromatic heterocycles. The van der Waals surface area contributed by atoms with Crippen LogP contribution in [0.4, 0.5) is 5.69 Å². The first-order valence-corrected chi connectivity index (χ1v) is 10.7. The van der Waals surface area contributed by atoms with E-state index in [1.165, 1.54) is 35.0 Å². The maximum atomic E-state index is 12.4. The van der Waals surface area contributed by atoms with E-state index in [1.54, 1.807) is 29.8 Å². The van der Waals surface area contributed by atoms with E-state index in [1.807, 2.05) is 6.07 Å². The summed E-state index contributed by atoms with van der Waals surface area (Å²) in [4.78, 5) is 23.8. The Hall–Kier alpha value is -2.32. The molecule has 2 aliphatic rings. The maximum Gasteiger partial charge on any atom is 0.234 e. The minimum Gasteiger partial charge on any atom is -0.454 e. The van der Waals surface area contributed by atoms with E-state index in [2.05, 4.69) is 15.3 Å². The average Bonchev–Trinajstić information content (AvgIpc) is 3.30. The molecule has 0 saturated carbocycles. The highest BCUT2D eigenvalue weighted by Gasteiger charge is 2.20. The van der Waals surface area contributed by atoms with E-state index in [9.17, 15) is 4.79 Å². The van der Waals surface area contributed by atoms with Crippen LogP contribution in [-0.4, -0.2) is 28.4 Å². The van der Waals surface area contributed by atoms with Crippen molar-refractivity contribution in [1.29, 1.82) is 0 Å². The smallest absolute Gasteiger partial charge is 0.234 e. The van der Waals surface area contributed by atoms with E-state index in [-0.39, 0.29) is 12.7 Å². The molecule has 1 aliphatic carbocycles. The molecule has 6 nitrogen and oxygen atoms in total. The fourth-order valence-electron chi connectivity index (χ4n) is 3.48. The van der Waals surface area contributed by atoms with Crippen LogP contribution in [0, 0.1) is 0 Å². The first-order valence-electron chi connectivity index (χ1n) is 8.85. The largest absolute Gasteiger partial charge is 0.454 e. The van der Waals surface area contributed by atoms with Gasteiger partial charge in [0.1, 0.15) is 16.2 Å². The molecule has 3 aromatic rings. The number of aromatic nitrogens is 2. The Morgan fingerprint density at radius 2 is 2.07 bits per heavy atom. The molecule has 5 rings (SSSR count). The van der Waals surface area contributed by atoms with Crippen molar-refractivity contribution in [3.05, 3.63) is 35.0 Å². The molecule has 0 bridgehead atoms. The van der Waals surface area contributed by atoms with Crippen molar-refractivity contribution >= 4 is 44.9 Å². The third-order valence-corrected chi connectivity index (χ3v) is 6.90. The van der Waals surface area contributed by atoms with Crippen LogP contribution >= 0.6 is 23.1 Å². The zero-order chi connectivity index (χ0) is 18.2. The third kappa shape index (κ3) is 3.23. The number of benzene rings is 1. The zero-order valence-electron chi connectivity index (χ0n) is 14.5. The van der Waals surface area contributed by atoms with E-state index in [0.717, 1.165) is 28.1 Å².